The molecule has 2 aromatic carbocycles. The molecule has 0 unspecified atom stereocenters. The second-order valence-corrected chi connectivity index (χ2v) is 9.65. The van der Waals surface area contributed by atoms with Crippen molar-refractivity contribution in [3.05, 3.63) is 89.3 Å². The van der Waals surface area contributed by atoms with Gasteiger partial charge in [0.15, 0.2) is 0 Å². The second kappa shape index (κ2) is 9.32. The Morgan fingerprint density at radius 2 is 1.75 bits per heavy atom. The quantitative estimate of drug-likeness (QED) is 0.403. The molecule has 2 aromatic heterocycles. The van der Waals surface area contributed by atoms with Crippen LogP contribution in [-0.4, -0.2) is 52.4 Å². The lowest BCUT2D eigenvalue weighted by Crippen LogP contribution is -2.48. The summed E-state index contributed by atoms with van der Waals surface area (Å²) in [5, 5.41) is 1.57. The molecular weight excluding hydrogens is 474 g/mol. The van der Waals surface area contributed by atoms with Crippen LogP contribution in [0.25, 0.3) is 10.9 Å². The molecule has 2 aliphatic heterocycles. The average Bonchev–Trinajstić information content (AvgIpc) is 3.48. The van der Waals surface area contributed by atoms with E-state index in [2.05, 4.69) is 20.5 Å². The highest BCUT2D eigenvalue weighted by molar-refractivity contribution is 6.35. The SMILES string of the molecule is O=C(CCn1ccc2ccc(N3Cc4cccc(Cl)c4C3=O)cc21)N1CCN(c2ccncc2)CC1. The zero-order chi connectivity index (χ0) is 24.6. The summed E-state index contributed by atoms with van der Waals surface area (Å²) in [6.45, 7) is 4.18. The lowest BCUT2D eigenvalue weighted by Gasteiger charge is -2.36. The number of hydrogen-bond acceptors (Lipinski definition) is 4. The van der Waals surface area contributed by atoms with E-state index in [1.807, 2.05) is 53.6 Å². The Balaban J connectivity index is 1.12. The summed E-state index contributed by atoms with van der Waals surface area (Å²) >= 11 is 6.30. The van der Waals surface area contributed by atoms with Crippen molar-refractivity contribution >= 4 is 45.7 Å². The molecule has 2 amide bonds. The summed E-state index contributed by atoms with van der Waals surface area (Å²) in [6.07, 6.45) is 6.05. The number of nitrogens with zero attached hydrogens (tertiary/aromatic N) is 5. The van der Waals surface area contributed by atoms with Crippen LogP contribution in [0.2, 0.25) is 5.02 Å². The van der Waals surface area contributed by atoms with E-state index in [-0.39, 0.29) is 11.8 Å². The molecule has 0 atom stereocenters. The van der Waals surface area contributed by atoms with Crippen molar-refractivity contribution < 1.29 is 9.59 Å². The number of halogens is 1. The highest BCUT2D eigenvalue weighted by Crippen LogP contribution is 2.34. The van der Waals surface area contributed by atoms with Crippen LogP contribution < -0.4 is 9.80 Å². The molecule has 1 fully saturated rings. The van der Waals surface area contributed by atoms with Crippen molar-refractivity contribution in [2.24, 2.45) is 0 Å². The van der Waals surface area contributed by atoms with Crippen molar-refractivity contribution in [1.82, 2.24) is 14.5 Å². The molecule has 0 spiro atoms. The van der Waals surface area contributed by atoms with Gasteiger partial charge >= 0.3 is 0 Å². The molecular formula is C28H26ClN5O2. The van der Waals surface area contributed by atoms with Gasteiger partial charge in [-0.2, -0.15) is 0 Å². The number of benzene rings is 2. The molecule has 4 heterocycles. The van der Waals surface area contributed by atoms with Gasteiger partial charge in [-0.25, -0.2) is 0 Å². The first-order chi connectivity index (χ1) is 17.6. The highest BCUT2D eigenvalue weighted by Gasteiger charge is 2.30. The number of aryl methyl sites for hydroxylation is 1. The van der Waals surface area contributed by atoms with E-state index in [0.717, 1.165) is 54.0 Å². The fourth-order valence-electron chi connectivity index (χ4n) is 5.20. The number of hydrogen-bond donors (Lipinski definition) is 0. The van der Waals surface area contributed by atoms with Gasteiger partial charge < -0.3 is 19.3 Å². The summed E-state index contributed by atoms with van der Waals surface area (Å²) in [6, 6.07) is 17.7. The van der Waals surface area contributed by atoms with E-state index >= 15 is 0 Å². The normalized spacial score (nSPS) is 15.6. The van der Waals surface area contributed by atoms with Crippen molar-refractivity contribution in [1.29, 1.82) is 0 Å². The first-order valence-electron chi connectivity index (χ1n) is 12.2. The molecule has 6 rings (SSSR count). The lowest BCUT2D eigenvalue weighted by atomic mass is 10.1. The summed E-state index contributed by atoms with van der Waals surface area (Å²) in [5.41, 5.74) is 4.52. The van der Waals surface area contributed by atoms with Crippen LogP contribution in [0.4, 0.5) is 11.4 Å². The molecule has 0 radical (unpaired) electrons. The van der Waals surface area contributed by atoms with Gasteiger partial charge in [-0.15, -0.1) is 0 Å². The largest absolute Gasteiger partial charge is 0.368 e. The van der Waals surface area contributed by atoms with Gasteiger partial charge in [0.25, 0.3) is 5.91 Å². The van der Waals surface area contributed by atoms with Gasteiger partial charge in [0.2, 0.25) is 5.91 Å². The number of rotatable bonds is 5. The standard InChI is InChI=1S/C28H26ClN5O2/c29-24-3-1-2-21-19-34(28(36)27(21)24)23-5-4-20-8-12-32(25(20)18-23)13-9-26(35)33-16-14-31(15-17-33)22-6-10-30-11-7-22/h1-8,10-12,18H,9,13-17,19H2. The number of amides is 2. The van der Waals surface area contributed by atoms with E-state index in [0.29, 0.717) is 30.1 Å². The monoisotopic (exact) mass is 499 g/mol. The van der Waals surface area contributed by atoms with Gasteiger partial charge in [-0.1, -0.05) is 29.8 Å². The lowest BCUT2D eigenvalue weighted by molar-refractivity contribution is -0.131. The van der Waals surface area contributed by atoms with Crippen molar-refractivity contribution in [3.63, 3.8) is 0 Å². The maximum atomic E-state index is 13.1. The number of carbonyl (C=O) groups excluding carboxylic acids is 2. The Labute approximate surface area is 214 Å². The Kier molecular flexibility index (Phi) is 5.85. The third-order valence-corrected chi connectivity index (χ3v) is 7.50. The van der Waals surface area contributed by atoms with E-state index in [9.17, 15) is 9.59 Å². The fourth-order valence-corrected chi connectivity index (χ4v) is 5.48. The number of fused-ring (bicyclic) bond motifs is 2. The fraction of sp³-hybridized carbons (Fsp3) is 0.250. The molecule has 2 aliphatic rings. The zero-order valence-corrected chi connectivity index (χ0v) is 20.6. The molecule has 4 aromatic rings. The second-order valence-electron chi connectivity index (χ2n) is 9.24. The Bertz CT molecular complexity index is 1440. The maximum Gasteiger partial charge on any atom is 0.260 e. The third kappa shape index (κ3) is 4.09. The van der Waals surface area contributed by atoms with Gasteiger partial charge in [0.05, 0.1) is 22.6 Å². The van der Waals surface area contributed by atoms with Gasteiger partial charge in [0.1, 0.15) is 0 Å². The molecule has 1 saturated heterocycles. The zero-order valence-electron chi connectivity index (χ0n) is 19.8. The average molecular weight is 500 g/mol. The van der Waals surface area contributed by atoms with Crippen LogP contribution in [0.15, 0.2) is 73.2 Å². The molecule has 8 heteroatoms. The molecule has 0 N–H and O–H groups in total. The predicted molar refractivity (Wildman–Crippen MR) is 142 cm³/mol. The van der Waals surface area contributed by atoms with Crippen molar-refractivity contribution in [2.75, 3.05) is 36.0 Å². The van der Waals surface area contributed by atoms with Crippen LogP contribution in [0.1, 0.15) is 22.3 Å². The first kappa shape index (κ1) is 22.6. The molecule has 36 heavy (non-hydrogen) atoms. The van der Waals surface area contributed by atoms with Crippen LogP contribution in [-0.2, 0) is 17.9 Å². The number of piperazine rings is 1. The molecule has 0 saturated carbocycles. The first-order valence-corrected chi connectivity index (χ1v) is 12.6. The maximum absolute atomic E-state index is 13.1. The number of carbonyl (C=O) groups is 2. The number of aromatic nitrogens is 2. The van der Waals surface area contributed by atoms with Crippen LogP contribution in [0, 0.1) is 0 Å². The summed E-state index contributed by atoms with van der Waals surface area (Å²) < 4.78 is 2.10. The molecule has 7 nitrogen and oxygen atoms in total. The summed E-state index contributed by atoms with van der Waals surface area (Å²) in [5.74, 6) is 0.0938. The Hall–Kier alpha value is -3.84. The van der Waals surface area contributed by atoms with E-state index in [1.165, 1.54) is 0 Å². The summed E-state index contributed by atoms with van der Waals surface area (Å²) in [7, 11) is 0. The molecule has 0 aliphatic carbocycles. The smallest absolute Gasteiger partial charge is 0.260 e. The minimum atomic E-state index is -0.0749. The van der Waals surface area contributed by atoms with Crippen LogP contribution in [0.3, 0.4) is 0 Å². The van der Waals surface area contributed by atoms with E-state index in [4.69, 9.17) is 11.6 Å². The van der Waals surface area contributed by atoms with Gasteiger partial charge in [-0.05, 0) is 47.3 Å². The van der Waals surface area contributed by atoms with Crippen LogP contribution >= 0.6 is 11.6 Å². The van der Waals surface area contributed by atoms with Crippen LogP contribution in [0.5, 0.6) is 0 Å². The minimum absolute atomic E-state index is 0.0749. The van der Waals surface area contributed by atoms with E-state index < -0.39 is 0 Å². The molecule has 182 valence electrons. The number of pyridine rings is 1. The third-order valence-electron chi connectivity index (χ3n) is 7.18. The molecule has 0 bridgehead atoms. The summed E-state index contributed by atoms with van der Waals surface area (Å²) in [4.78, 5) is 36.1. The Morgan fingerprint density at radius 1 is 0.944 bits per heavy atom. The van der Waals surface area contributed by atoms with E-state index in [1.54, 1.807) is 23.4 Å². The highest BCUT2D eigenvalue weighted by atomic mass is 35.5. The minimum Gasteiger partial charge on any atom is -0.368 e. The Morgan fingerprint density at radius 3 is 2.53 bits per heavy atom. The predicted octanol–water partition coefficient (Wildman–Crippen LogP) is 4.59. The van der Waals surface area contributed by atoms with Gasteiger partial charge in [-0.3, -0.25) is 14.6 Å². The topological polar surface area (TPSA) is 61.7 Å². The number of anilines is 2. The van der Waals surface area contributed by atoms with Crippen molar-refractivity contribution in [2.45, 2.75) is 19.5 Å². The van der Waals surface area contributed by atoms with Gasteiger partial charge in [0, 0.05) is 69.1 Å². The van der Waals surface area contributed by atoms with Crippen molar-refractivity contribution in [3.8, 4) is 0 Å².